The molecule has 1 aromatic rings. The van der Waals surface area contributed by atoms with Crippen molar-refractivity contribution in [3.63, 3.8) is 0 Å². The lowest BCUT2D eigenvalue weighted by Gasteiger charge is -2.23. The van der Waals surface area contributed by atoms with Crippen LogP contribution in [0.15, 0.2) is 18.2 Å². The molecule has 2 rings (SSSR count). The van der Waals surface area contributed by atoms with Crippen LogP contribution in [0.3, 0.4) is 0 Å². The largest absolute Gasteiger partial charge is 0.297 e. The fraction of sp³-hybridized carbons (Fsp3) is 0.412. The maximum absolute atomic E-state index is 12.4. The van der Waals surface area contributed by atoms with Crippen molar-refractivity contribution >= 4 is 24.1 Å². The summed E-state index contributed by atoms with van der Waals surface area (Å²) in [5.74, 6) is -1.62. The van der Waals surface area contributed by atoms with Crippen LogP contribution >= 0.6 is 0 Å². The molecule has 1 atom stereocenters. The summed E-state index contributed by atoms with van der Waals surface area (Å²) in [5, 5.41) is 2.02. The third-order valence-corrected chi connectivity index (χ3v) is 3.45. The van der Waals surface area contributed by atoms with Gasteiger partial charge in [-0.3, -0.25) is 29.4 Å². The van der Waals surface area contributed by atoms with Crippen molar-refractivity contribution in [2.75, 3.05) is 0 Å². The van der Waals surface area contributed by atoms with Crippen LogP contribution < -0.4 is 5.32 Å². The molecule has 1 aliphatic rings. The average Bonchev–Trinajstić information content (AvgIpc) is 2.78. The minimum atomic E-state index is -0.965. The van der Waals surface area contributed by atoms with Gasteiger partial charge in [0.2, 0.25) is 12.3 Å². The van der Waals surface area contributed by atoms with Gasteiger partial charge < -0.3 is 0 Å². The minimum Gasteiger partial charge on any atom is -0.297 e. The summed E-state index contributed by atoms with van der Waals surface area (Å²) in [7, 11) is 0. The van der Waals surface area contributed by atoms with E-state index in [9.17, 15) is 19.2 Å². The normalized spacial score (nSPS) is 13.8. The van der Waals surface area contributed by atoms with E-state index in [-0.39, 0.29) is 6.41 Å². The highest BCUT2D eigenvalue weighted by atomic mass is 16.2. The van der Waals surface area contributed by atoms with Gasteiger partial charge in [0.15, 0.2) is 0 Å². The van der Waals surface area contributed by atoms with E-state index in [4.69, 9.17) is 0 Å². The number of imide groups is 2. The molecule has 1 N–H and O–H groups in total. The maximum Gasteiger partial charge on any atom is 0.262 e. The molecule has 0 aromatic heterocycles. The second-order valence-corrected chi connectivity index (χ2v) is 4.96. The van der Waals surface area contributed by atoms with Gasteiger partial charge in [-0.1, -0.05) is 38.8 Å². The number of hydrogen-bond donors (Lipinski definition) is 1. The fourth-order valence-corrected chi connectivity index (χ4v) is 2.46. The van der Waals surface area contributed by atoms with Crippen LogP contribution in [0.1, 0.15) is 59.9 Å². The molecule has 6 heteroatoms. The number of rotatable bonds is 5. The third-order valence-electron chi connectivity index (χ3n) is 3.45. The molecule has 0 saturated carbocycles. The minimum absolute atomic E-state index is 0.257. The summed E-state index contributed by atoms with van der Waals surface area (Å²) < 4.78 is 0. The van der Waals surface area contributed by atoms with Crippen molar-refractivity contribution in [3.8, 4) is 0 Å². The van der Waals surface area contributed by atoms with Gasteiger partial charge in [-0.25, -0.2) is 0 Å². The van der Waals surface area contributed by atoms with Crippen LogP contribution in [-0.4, -0.2) is 35.1 Å². The van der Waals surface area contributed by atoms with E-state index in [1.807, 2.05) is 33.0 Å². The van der Waals surface area contributed by atoms with Gasteiger partial charge in [0.25, 0.3) is 11.8 Å². The van der Waals surface area contributed by atoms with E-state index in [1.54, 1.807) is 18.2 Å². The van der Waals surface area contributed by atoms with Crippen LogP contribution in [0.2, 0.25) is 0 Å². The van der Waals surface area contributed by atoms with E-state index in [1.165, 1.54) is 0 Å². The lowest BCUT2D eigenvalue weighted by molar-refractivity contribution is -0.128. The van der Waals surface area contributed by atoms with E-state index in [0.29, 0.717) is 24.0 Å². The zero-order valence-corrected chi connectivity index (χ0v) is 13.9. The number of carbonyl (C=O) groups is 4. The topological polar surface area (TPSA) is 83.6 Å². The molecule has 0 aliphatic carbocycles. The quantitative estimate of drug-likeness (QED) is 0.665. The number of hydrogen-bond acceptors (Lipinski definition) is 4. The summed E-state index contributed by atoms with van der Waals surface area (Å²) in [4.78, 5) is 48.1. The predicted molar refractivity (Wildman–Crippen MR) is 85.9 cm³/mol. The smallest absolute Gasteiger partial charge is 0.262 e. The highest BCUT2D eigenvalue weighted by molar-refractivity contribution is 6.23. The summed E-state index contributed by atoms with van der Waals surface area (Å²) >= 11 is 0. The Labute approximate surface area is 135 Å². The molecule has 0 bridgehead atoms. The summed E-state index contributed by atoms with van der Waals surface area (Å²) in [5.41, 5.74) is 1.46. The van der Waals surface area contributed by atoms with Crippen molar-refractivity contribution in [1.29, 1.82) is 0 Å². The summed E-state index contributed by atoms with van der Waals surface area (Å²) in [6.07, 6.45) is 1.17. The third kappa shape index (κ3) is 3.64. The highest BCUT2D eigenvalue weighted by Crippen LogP contribution is 2.27. The Hall–Kier alpha value is -2.50. The number of carbonyl (C=O) groups excluding carboxylic acids is 4. The van der Waals surface area contributed by atoms with Crippen LogP contribution in [0, 0.1) is 6.92 Å². The first-order valence-corrected chi connectivity index (χ1v) is 7.73. The van der Waals surface area contributed by atoms with Crippen LogP contribution in [0.25, 0.3) is 0 Å². The molecule has 0 fully saturated rings. The van der Waals surface area contributed by atoms with Crippen molar-refractivity contribution < 1.29 is 19.2 Å². The molecule has 1 unspecified atom stereocenters. The fourth-order valence-electron chi connectivity index (χ4n) is 2.46. The lowest BCUT2D eigenvalue weighted by Crippen LogP contribution is -2.49. The van der Waals surface area contributed by atoms with Crippen molar-refractivity contribution in [2.24, 2.45) is 0 Å². The van der Waals surface area contributed by atoms with Gasteiger partial charge in [0.05, 0.1) is 11.1 Å². The Morgan fingerprint density at radius 2 is 1.83 bits per heavy atom. The lowest BCUT2D eigenvalue weighted by atomic mass is 10.1. The van der Waals surface area contributed by atoms with Crippen LogP contribution in [0.4, 0.5) is 0 Å². The molecule has 1 heterocycles. The Morgan fingerprint density at radius 3 is 2.39 bits per heavy atom. The zero-order valence-electron chi connectivity index (χ0n) is 13.9. The standard InChI is InChI=1S/C15H16N2O4.C2H6/c1-3-4-12(13(19)16-8-18)17-14(20)10-6-5-9(2)7-11(10)15(17)21;1-2/h5-8,12H,3-4H2,1-2H3,(H,16,18,19);1-2H3. The van der Waals surface area contributed by atoms with Crippen LogP contribution in [0.5, 0.6) is 0 Å². The summed E-state index contributed by atoms with van der Waals surface area (Å²) in [6, 6.07) is 4.00. The van der Waals surface area contributed by atoms with E-state index < -0.39 is 23.8 Å². The Bertz CT molecular complexity index is 625. The number of nitrogens with one attached hydrogen (secondary N) is 1. The highest BCUT2D eigenvalue weighted by Gasteiger charge is 2.42. The Morgan fingerprint density at radius 1 is 1.22 bits per heavy atom. The summed E-state index contributed by atoms with van der Waals surface area (Å²) in [6.45, 7) is 7.66. The van der Waals surface area contributed by atoms with Gasteiger partial charge in [0.1, 0.15) is 6.04 Å². The second kappa shape index (κ2) is 8.22. The van der Waals surface area contributed by atoms with Gasteiger partial charge in [0, 0.05) is 0 Å². The molecule has 23 heavy (non-hydrogen) atoms. The first kappa shape index (κ1) is 18.5. The molecule has 124 valence electrons. The molecular weight excluding hydrogens is 296 g/mol. The maximum atomic E-state index is 12.4. The molecule has 0 spiro atoms. The van der Waals surface area contributed by atoms with Crippen molar-refractivity contribution in [1.82, 2.24) is 10.2 Å². The number of nitrogens with zero attached hydrogens (tertiary/aromatic N) is 1. The number of amides is 4. The average molecular weight is 318 g/mol. The number of benzene rings is 1. The first-order chi connectivity index (χ1) is 11.0. The first-order valence-electron chi connectivity index (χ1n) is 7.73. The predicted octanol–water partition coefficient (Wildman–Crippen LogP) is 2.06. The molecule has 4 amide bonds. The molecule has 0 saturated heterocycles. The molecule has 6 nitrogen and oxygen atoms in total. The zero-order chi connectivity index (χ0) is 17.6. The van der Waals surface area contributed by atoms with Crippen molar-refractivity contribution in [3.05, 3.63) is 34.9 Å². The van der Waals surface area contributed by atoms with E-state index >= 15 is 0 Å². The van der Waals surface area contributed by atoms with Gasteiger partial charge in [-0.05, 0) is 25.5 Å². The molecule has 1 aromatic carbocycles. The second-order valence-electron chi connectivity index (χ2n) is 4.96. The van der Waals surface area contributed by atoms with Crippen molar-refractivity contribution in [2.45, 2.75) is 46.6 Å². The Balaban J connectivity index is 0.00000127. The Kier molecular flexibility index (Phi) is 6.63. The number of fused-ring (bicyclic) bond motifs is 1. The SMILES string of the molecule is CC.CCCC(C(=O)NC=O)N1C(=O)c2ccc(C)cc2C1=O. The van der Waals surface area contributed by atoms with Gasteiger partial charge in [-0.2, -0.15) is 0 Å². The van der Waals surface area contributed by atoms with E-state index in [2.05, 4.69) is 0 Å². The monoisotopic (exact) mass is 318 g/mol. The molecular formula is C17H22N2O4. The molecule has 0 radical (unpaired) electrons. The van der Waals surface area contributed by atoms with Gasteiger partial charge in [-0.15, -0.1) is 0 Å². The van der Waals surface area contributed by atoms with Crippen LogP contribution in [-0.2, 0) is 9.59 Å². The van der Waals surface area contributed by atoms with Gasteiger partial charge >= 0.3 is 0 Å². The van der Waals surface area contributed by atoms with E-state index in [0.717, 1.165) is 10.5 Å². The number of aryl methyl sites for hydroxylation is 1. The molecule has 1 aliphatic heterocycles.